The molecule has 11 heteroatoms. The molecule has 0 saturated heterocycles. The monoisotopic (exact) mass is 597 g/mol. The lowest BCUT2D eigenvalue weighted by Crippen LogP contribution is -2.48. The molecular weight excluding hydrogens is 566 g/mol. The van der Waals surface area contributed by atoms with Crippen LogP contribution >= 0.6 is 0 Å². The number of hydrazone groups is 2. The highest BCUT2D eigenvalue weighted by Gasteiger charge is 2.39. The van der Waals surface area contributed by atoms with Crippen molar-refractivity contribution in [3.8, 4) is 0 Å². The molecule has 4 aromatic rings. The van der Waals surface area contributed by atoms with E-state index in [4.69, 9.17) is 4.74 Å². The van der Waals surface area contributed by atoms with Crippen molar-refractivity contribution in [3.05, 3.63) is 132 Å². The molecule has 0 aliphatic rings. The summed E-state index contributed by atoms with van der Waals surface area (Å²) in [4.78, 5) is 25.8. The summed E-state index contributed by atoms with van der Waals surface area (Å²) < 4.78 is 34.2. The Morgan fingerprint density at radius 2 is 1.30 bits per heavy atom. The molecule has 0 aliphatic carbocycles. The molecule has 0 aromatic heterocycles. The normalized spacial score (nSPS) is 12.0. The lowest BCUT2D eigenvalue weighted by molar-refractivity contribution is -0.142. The molecule has 10 nitrogen and oxygen atoms in total. The first kappa shape index (κ1) is 30.7. The Morgan fingerprint density at radius 1 is 0.791 bits per heavy atom. The number of hydrogen-bond acceptors (Lipinski definition) is 7. The standard InChI is InChI=1S/C32H31N5O5S/c1-23-19-21-28(22-20-23)43(40,41)37(36-29(25-13-7-4-8-14-25)26-15-9-5-10-16-26)30(31(38)42-3)24(2)34-35-32(39)33-27-17-11-6-12-18-27/h4-22,30H,1-3H3,(H2,33,35,39)/b34-24+. The van der Waals surface area contributed by atoms with Crippen LogP contribution in [0.2, 0.25) is 0 Å². The van der Waals surface area contributed by atoms with Gasteiger partial charge in [0, 0.05) is 16.8 Å². The zero-order chi connectivity index (χ0) is 30.8. The molecule has 0 heterocycles. The molecule has 43 heavy (non-hydrogen) atoms. The third kappa shape index (κ3) is 7.72. The number of amides is 2. The Kier molecular flexibility index (Phi) is 10.0. The number of ether oxygens (including phenoxy) is 1. The zero-order valence-electron chi connectivity index (χ0n) is 23.8. The number of methoxy groups -OCH3 is 1. The van der Waals surface area contributed by atoms with E-state index in [0.29, 0.717) is 21.2 Å². The summed E-state index contributed by atoms with van der Waals surface area (Å²) in [5.41, 5.74) is 5.10. The highest BCUT2D eigenvalue weighted by Crippen LogP contribution is 2.24. The van der Waals surface area contributed by atoms with Gasteiger partial charge >= 0.3 is 12.0 Å². The van der Waals surface area contributed by atoms with Crippen LogP contribution in [0, 0.1) is 6.92 Å². The first-order valence-electron chi connectivity index (χ1n) is 13.3. The second-order valence-electron chi connectivity index (χ2n) is 9.38. The van der Waals surface area contributed by atoms with Gasteiger partial charge in [0.1, 0.15) is 0 Å². The van der Waals surface area contributed by atoms with E-state index in [-0.39, 0.29) is 16.3 Å². The lowest BCUT2D eigenvalue weighted by Gasteiger charge is -2.27. The van der Waals surface area contributed by atoms with Gasteiger partial charge in [0.15, 0.2) is 0 Å². The van der Waals surface area contributed by atoms with Crippen LogP contribution in [0.1, 0.15) is 23.6 Å². The van der Waals surface area contributed by atoms with Gasteiger partial charge < -0.3 is 10.1 Å². The van der Waals surface area contributed by atoms with Crippen molar-refractivity contribution in [1.29, 1.82) is 0 Å². The van der Waals surface area contributed by atoms with Crippen molar-refractivity contribution < 1.29 is 22.7 Å². The Bertz CT molecular complexity index is 1670. The quantitative estimate of drug-likeness (QED) is 0.148. The van der Waals surface area contributed by atoms with Crippen LogP contribution in [0.5, 0.6) is 0 Å². The molecule has 0 spiro atoms. The fourth-order valence-electron chi connectivity index (χ4n) is 4.05. The first-order chi connectivity index (χ1) is 20.7. The van der Waals surface area contributed by atoms with Gasteiger partial charge in [-0.05, 0) is 38.1 Å². The largest absolute Gasteiger partial charge is 0.467 e. The van der Waals surface area contributed by atoms with Crippen molar-refractivity contribution in [2.45, 2.75) is 24.8 Å². The predicted octanol–water partition coefficient (Wildman–Crippen LogP) is 5.18. The topological polar surface area (TPSA) is 130 Å². The van der Waals surface area contributed by atoms with Crippen LogP contribution < -0.4 is 10.7 Å². The summed E-state index contributed by atoms with van der Waals surface area (Å²) >= 11 is 0. The minimum atomic E-state index is -4.48. The van der Waals surface area contributed by atoms with Gasteiger partial charge in [-0.2, -0.15) is 23.0 Å². The van der Waals surface area contributed by atoms with E-state index in [0.717, 1.165) is 12.7 Å². The number of anilines is 1. The number of benzene rings is 4. The van der Waals surface area contributed by atoms with Gasteiger partial charge in [0.25, 0.3) is 10.0 Å². The van der Waals surface area contributed by atoms with Crippen LogP contribution in [-0.4, -0.2) is 49.4 Å². The lowest BCUT2D eigenvalue weighted by atomic mass is 10.0. The van der Waals surface area contributed by atoms with E-state index in [9.17, 15) is 18.0 Å². The van der Waals surface area contributed by atoms with Gasteiger partial charge in [-0.3, -0.25) is 0 Å². The maximum Gasteiger partial charge on any atom is 0.339 e. The minimum Gasteiger partial charge on any atom is -0.467 e. The number of aryl methyl sites for hydroxylation is 1. The number of urea groups is 1. The number of esters is 1. The van der Waals surface area contributed by atoms with Crippen LogP contribution in [0.3, 0.4) is 0 Å². The summed E-state index contributed by atoms with van der Waals surface area (Å²) in [5, 5.41) is 11.3. The van der Waals surface area contributed by atoms with Crippen molar-refractivity contribution in [1.82, 2.24) is 9.84 Å². The molecule has 2 amide bonds. The van der Waals surface area contributed by atoms with Crippen molar-refractivity contribution >= 4 is 39.1 Å². The molecule has 0 fully saturated rings. The minimum absolute atomic E-state index is 0.0880. The van der Waals surface area contributed by atoms with E-state index in [1.165, 1.54) is 19.1 Å². The summed E-state index contributed by atoms with van der Waals surface area (Å²) in [6.45, 7) is 3.23. The summed E-state index contributed by atoms with van der Waals surface area (Å²) in [5.74, 6) is -0.952. The van der Waals surface area contributed by atoms with E-state index in [1.807, 2.05) is 19.1 Å². The highest BCUT2D eigenvalue weighted by molar-refractivity contribution is 7.89. The summed E-state index contributed by atoms with van der Waals surface area (Å²) in [7, 11) is -3.35. The van der Waals surface area contributed by atoms with Crippen molar-refractivity contribution in [3.63, 3.8) is 0 Å². The van der Waals surface area contributed by atoms with Gasteiger partial charge in [-0.15, -0.1) is 0 Å². The second kappa shape index (κ2) is 14.1. The molecule has 4 aromatic carbocycles. The number of para-hydroxylation sites is 1. The molecule has 0 bridgehead atoms. The molecular formula is C32H31N5O5S. The van der Waals surface area contributed by atoms with Crippen LogP contribution in [0.25, 0.3) is 0 Å². The summed E-state index contributed by atoms with van der Waals surface area (Å²) in [6.07, 6.45) is 0. The maximum absolute atomic E-state index is 14.2. The number of carbonyl (C=O) groups excluding carboxylic acids is 2. The van der Waals surface area contributed by atoms with Crippen LogP contribution in [-0.2, 0) is 19.6 Å². The van der Waals surface area contributed by atoms with Crippen molar-refractivity contribution in [2.24, 2.45) is 10.2 Å². The third-order valence-electron chi connectivity index (χ3n) is 6.26. The molecule has 2 N–H and O–H groups in total. The molecule has 0 radical (unpaired) electrons. The number of nitrogens with one attached hydrogen (secondary N) is 2. The average Bonchev–Trinajstić information content (AvgIpc) is 3.03. The van der Waals surface area contributed by atoms with Crippen LogP contribution in [0.15, 0.2) is 130 Å². The maximum atomic E-state index is 14.2. The third-order valence-corrected chi connectivity index (χ3v) is 7.92. The predicted molar refractivity (Wildman–Crippen MR) is 166 cm³/mol. The Labute approximate surface area is 250 Å². The Morgan fingerprint density at radius 3 is 1.81 bits per heavy atom. The first-order valence-corrected chi connectivity index (χ1v) is 14.7. The highest BCUT2D eigenvalue weighted by atomic mass is 32.2. The number of hydrogen-bond donors (Lipinski definition) is 2. The number of nitrogens with zero attached hydrogens (tertiary/aromatic N) is 3. The molecule has 4 rings (SSSR count). The fourth-order valence-corrected chi connectivity index (χ4v) is 5.46. The number of carbonyl (C=O) groups is 2. The van der Waals surface area contributed by atoms with Gasteiger partial charge in [0.05, 0.1) is 23.4 Å². The van der Waals surface area contributed by atoms with Crippen molar-refractivity contribution in [2.75, 3.05) is 12.4 Å². The SMILES string of the molecule is COC(=O)C(/C(C)=N/NC(=O)Nc1ccccc1)N(N=C(c1ccccc1)c1ccccc1)S(=O)(=O)c1ccc(C)cc1. The average molecular weight is 598 g/mol. The van der Waals surface area contributed by atoms with Gasteiger partial charge in [0.2, 0.25) is 6.04 Å². The molecule has 0 saturated carbocycles. The van der Waals surface area contributed by atoms with Crippen LogP contribution in [0.4, 0.5) is 10.5 Å². The van der Waals surface area contributed by atoms with E-state index >= 15 is 0 Å². The molecule has 1 atom stereocenters. The van der Waals surface area contributed by atoms with Gasteiger partial charge in [-0.25, -0.2) is 15.0 Å². The van der Waals surface area contributed by atoms with E-state index in [2.05, 4.69) is 20.9 Å². The van der Waals surface area contributed by atoms with E-state index in [1.54, 1.807) is 91.0 Å². The number of sulfonamides is 1. The van der Waals surface area contributed by atoms with Gasteiger partial charge in [-0.1, -0.05) is 96.6 Å². The second-order valence-corrected chi connectivity index (χ2v) is 11.2. The fraction of sp³-hybridized carbons (Fsp3) is 0.125. The summed E-state index contributed by atoms with van der Waals surface area (Å²) in [6, 6.07) is 30.5. The smallest absolute Gasteiger partial charge is 0.339 e. The zero-order valence-corrected chi connectivity index (χ0v) is 24.7. The molecule has 220 valence electrons. The molecule has 1 unspecified atom stereocenters. The molecule has 0 aliphatic heterocycles. The van der Waals surface area contributed by atoms with E-state index < -0.39 is 28.1 Å². The Hall–Kier alpha value is -5.29. The number of rotatable bonds is 10. The Balaban J connectivity index is 1.86.